The van der Waals surface area contributed by atoms with Crippen LogP contribution in [0.25, 0.3) is 10.8 Å². The number of hydrogen-bond donors (Lipinski definition) is 12. The highest BCUT2D eigenvalue weighted by Crippen LogP contribution is 2.21. The summed E-state index contributed by atoms with van der Waals surface area (Å²) in [7, 11) is 0. The first-order valence-electron chi connectivity index (χ1n) is 24.5. The van der Waals surface area contributed by atoms with E-state index in [0.717, 1.165) is 16.3 Å². The van der Waals surface area contributed by atoms with E-state index in [2.05, 4.69) is 37.2 Å². The first-order valence-corrected chi connectivity index (χ1v) is 24.5. The lowest BCUT2D eigenvalue weighted by atomic mass is 9.96. The molecule has 0 spiro atoms. The lowest BCUT2D eigenvalue weighted by Gasteiger charge is -2.29. The summed E-state index contributed by atoms with van der Waals surface area (Å²) in [5, 5.41) is 30.5. The van der Waals surface area contributed by atoms with Crippen LogP contribution in [0.3, 0.4) is 0 Å². The average molecular weight is 1000 g/mol. The maximum atomic E-state index is 14.4. The quantitative estimate of drug-likeness (QED) is 0.0408. The molecular weight excluding hydrogens is 927 g/mol. The van der Waals surface area contributed by atoms with Crippen LogP contribution in [0.15, 0.2) is 66.7 Å². The third kappa shape index (κ3) is 19.6. The van der Waals surface area contributed by atoms with Gasteiger partial charge in [-0.05, 0) is 97.5 Å². The molecule has 16 N–H and O–H groups in total. The number of phenolic OH excluding ortho intramolecular Hbond substituents is 1. The third-order valence-corrected chi connectivity index (χ3v) is 12.1. The number of fused-ring (bicyclic) bond motifs is 1. The molecule has 0 bridgehead atoms. The molecule has 8 atom stereocenters. The van der Waals surface area contributed by atoms with Gasteiger partial charge in [0.1, 0.15) is 48.0 Å². The zero-order valence-electron chi connectivity index (χ0n) is 42.0. The SMILES string of the molecule is CC[C@H](C)[C@H](NC(=O)[C@H](CCC(N)=O)NC(C)=O)C(=O)N[C@@H](Cc1ccc(O)cc1)C(=O)N[C@@H](CCCN)C(=O)N[C@@H](CCCN)C(=O)N[C@@H](Cc1cccc2ccccc12)C(=O)N[C@@H](CC(C)C)C(N)=O. The molecular formula is C51H75N11O10. The summed E-state index contributed by atoms with van der Waals surface area (Å²) in [5.74, 6) is -7.15. The first kappa shape index (κ1) is 59.2. The molecule has 21 heteroatoms. The molecule has 0 saturated carbocycles. The van der Waals surface area contributed by atoms with Gasteiger partial charge in [0.05, 0.1) is 0 Å². The van der Waals surface area contributed by atoms with Crippen LogP contribution in [0.5, 0.6) is 5.75 Å². The van der Waals surface area contributed by atoms with Gasteiger partial charge in [-0.15, -0.1) is 0 Å². The molecule has 394 valence electrons. The number of phenols is 1. The summed E-state index contributed by atoms with van der Waals surface area (Å²) in [5.41, 5.74) is 24.0. The molecule has 0 aromatic heterocycles. The summed E-state index contributed by atoms with van der Waals surface area (Å²) in [6.07, 6.45) is 0.649. The van der Waals surface area contributed by atoms with Crippen LogP contribution in [0.4, 0.5) is 0 Å². The molecule has 0 aliphatic carbocycles. The summed E-state index contributed by atoms with van der Waals surface area (Å²) in [4.78, 5) is 121. The molecule has 0 heterocycles. The smallest absolute Gasteiger partial charge is 0.243 e. The molecule has 3 rings (SSSR count). The minimum absolute atomic E-state index is 0.000282. The molecule has 3 aromatic carbocycles. The van der Waals surface area contributed by atoms with E-state index in [1.807, 2.05) is 56.3 Å². The summed E-state index contributed by atoms with van der Waals surface area (Å²) >= 11 is 0. The van der Waals surface area contributed by atoms with E-state index in [1.54, 1.807) is 13.8 Å². The maximum Gasteiger partial charge on any atom is 0.243 e. The molecule has 9 amide bonds. The third-order valence-electron chi connectivity index (χ3n) is 12.1. The van der Waals surface area contributed by atoms with Crippen LogP contribution in [-0.2, 0) is 56.0 Å². The van der Waals surface area contributed by atoms with Crippen molar-refractivity contribution in [2.75, 3.05) is 13.1 Å². The van der Waals surface area contributed by atoms with E-state index in [4.69, 9.17) is 22.9 Å². The summed E-state index contributed by atoms with van der Waals surface area (Å²) in [6.45, 7) is 8.67. The van der Waals surface area contributed by atoms with Crippen molar-refractivity contribution < 1.29 is 48.3 Å². The van der Waals surface area contributed by atoms with Crippen LogP contribution in [0, 0.1) is 11.8 Å². The van der Waals surface area contributed by atoms with Gasteiger partial charge in [0.2, 0.25) is 53.2 Å². The van der Waals surface area contributed by atoms with Gasteiger partial charge >= 0.3 is 0 Å². The lowest BCUT2D eigenvalue weighted by Crippen LogP contribution is -2.61. The summed E-state index contributed by atoms with van der Waals surface area (Å²) < 4.78 is 0. The highest BCUT2D eigenvalue weighted by atomic mass is 16.3. The average Bonchev–Trinajstić information content (AvgIpc) is 3.33. The van der Waals surface area contributed by atoms with Crippen molar-refractivity contribution in [2.45, 2.75) is 141 Å². The van der Waals surface area contributed by atoms with Crippen molar-refractivity contribution in [1.29, 1.82) is 0 Å². The molecule has 0 aliphatic heterocycles. The number of nitrogens with two attached hydrogens (primary N) is 4. The van der Waals surface area contributed by atoms with Gasteiger partial charge in [-0.25, -0.2) is 0 Å². The standard InChI is InChI=1S/C51H75N11O10/c1-6-30(4)44(62-48(69)39(56-31(5)63)22-23-43(54)65)51(72)61-41(27-32-18-20-35(64)21-19-32)49(70)58-37(16-10-24-52)46(67)57-38(17-11-25-53)47(68)60-42(50(71)59-40(45(55)66)26-29(2)3)28-34-14-9-13-33-12-7-8-15-36(33)34/h7-9,12-15,18-21,29-30,37-42,44,64H,6,10-11,16-17,22-28,52-53H2,1-5H3,(H2,54,65)(H2,55,66)(H,56,63)(H,57,67)(H,58,70)(H,59,71)(H,60,68)(H,61,72)(H,62,69)/t30-,37-,38-,39-,40-,41-,42-,44-/m0/s1. The second-order valence-electron chi connectivity index (χ2n) is 18.5. The number of primary amides is 2. The van der Waals surface area contributed by atoms with Crippen LogP contribution >= 0.6 is 0 Å². The highest BCUT2D eigenvalue weighted by molar-refractivity contribution is 5.98. The van der Waals surface area contributed by atoms with E-state index in [0.29, 0.717) is 12.0 Å². The second-order valence-corrected chi connectivity index (χ2v) is 18.5. The topological polar surface area (TPSA) is 362 Å². The fourth-order valence-electron chi connectivity index (χ4n) is 7.98. The van der Waals surface area contributed by atoms with Gasteiger partial charge < -0.3 is 65.3 Å². The van der Waals surface area contributed by atoms with Crippen molar-refractivity contribution in [3.05, 3.63) is 77.9 Å². The molecule has 0 saturated heterocycles. The Balaban J connectivity index is 1.97. The fraction of sp³-hybridized carbons (Fsp3) is 0.510. The van der Waals surface area contributed by atoms with E-state index in [-0.39, 0.29) is 82.5 Å². The molecule has 72 heavy (non-hydrogen) atoms. The summed E-state index contributed by atoms with van der Waals surface area (Å²) in [6, 6.07) is 10.2. The number of amides is 9. The Morgan fingerprint density at radius 2 is 1.04 bits per heavy atom. The van der Waals surface area contributed by atoms with Gasteiger partial charge in [0.15, 0.2) is 0 Å². The van der Waals surface area contributed by atoms with Gasteiger partial charge in [0, 0.05) is 26.2 Å². The van der Waals surface area contributed by atoms with Crippen molar-refractivity contribution in [3.8, 4) is 5.75 Å². The Bertz CT molecular complexity index is 2320. The molecule has 0 fully saturated rings. The van der Waals surface area contributed by atoms with Crippen molar-refractivity contribution in [2.24, 2.45) is 34.8 Å². The zero-order chi connectivity index (χ0) is 53.5. The van der Waals surface area contributed by atoms with E-state index in [9.17, 15) is 48.3 Å². The Morgan fingerprint density at radius 1 is 0.556 bits per heavy atom. The normalized spacial score (nSPS) is 14.5. The molecule has 3 aromatic rings. The fourth-order valence-corrected chi connectivity index (χ4v) is 7.98. The molecule has 0 aliphatic rings. The van der Waals surface area contributed by atoms with Gasteiger partial charge in [-0.2, -0.15) is 0 Å². The maximum absolute atomic E-state index is 14.4. The first-order chi connectivity index (χ1) is 34.2. The lowest BCUT2D eigenvalue weighted by molar-refractivity contribution is -0.136. The Kier molecular flexibility index (Phi) is 24.6. The Hall–Kier alpha value is -7.13. The monoisotopic (exact) mass is 1000 g/mol. The molecule has 0 radical (unpaired) electrons. The minimum Gasteiger partial charge on any atom is -0.508 e. The van der Waals surface area contributed by atoms with E-state index < -0.39 is 101 Å². The Labute approximate surface area is 420 Å². The number of aromatic hydroxyl groups is 1. The largest absolute Gasteiger partial charge is 0.508 e. The van der Waals surface area contributed by atoms with Crippen LogP contribution < -0.4 is 60.2 Å². The highest BCUT2D eigenvalue weighted by Gasteiger charge is 2.35. The second kappa shape index (κ2) is 29.9. The van der Waals surface area contributed by atoms with Crippen molar-refractivity contribution in [1.82, 2.24) is 37.2 Å². The van der Waals surface area contributed by atoms with E-state index in [1.165, 1.54) is 31.2 Å². The zero-order valence-corrected chi connectivity index (χ0v) is 42.0. The predicted molar refractivity (Wildman–Crippen MR) is 272 cm³/mol. The number of rotatable bonds is 31. The molecule has 0 unspecified atom stereocenters. The van der Waals surface area contributed by atoms with E-state index >= 15 is 0 Å². The number of hydrogen-bond acceptors (Lipinski definition) is 12. The van der Waals surface area contributed by atoms with Crippen molar-refractivity contribution in [3.63, 3.8) is 0 Å². The van der Waals surface area contributed by atoms with Gasteiger partial charge in [-0.3, -0.25) is 43.2 Å². The van der Waals surface area contributed by atoms with Gasteiger partial charge in [-0.1, -0.05) is 88.7 Å². The number of nitrogens with one attached hydrogen (secondary N) is 7. The Morgan fingerprint density at radius 3 is 1.57 bits per heavy atom. The van der Waals surface area contributed by atoms with Crippen LogP contribution in [-0.4, -0.2) is 114 Å². The predicted octanol–water partition coefficient (Wildman–Crippen LogP) is 0.0649. The van der Waals surface area contributed by atoms with Crippen LogP contribution in [0.1, 0.15) is 97.1 Å². The van der Waals surface area contributed by atoms with Crippen molar-refractivity contribution >= 4 is 63.9 Å². The molecule has 21 nitrogen and oxygen atoms in total. The number of carbonyl (C=O) groups excluding carboxylic acids is 9. The minimum atomic E-state index is -1.38. The number of carbonyl (C=O) groups is 9. The van der Waals surface area contributed by atoms with Crippen LogP contribution in [0.2, 0.25) is 0 Å². The number of benzene rings is 3. The van der Waals surface area contributed by atoms with Gasteiger partial charge in [0.25, 0.3) is 0 Å².